The molecule has 4 nitrogen and oxygen atoms in total. The number of carbonyl (C=O) groups excluding carboxylic acids is 1. The van der Waals surface area contributed by atoms with Crippen molar-refractivity contribution < 1.29 is 4.79 Å². The average molecular weight is 430 g/mol. The average Bonchev–Trinajstić information content (AvgIpc) is 3.19. The van der Waals surface area contributed by atoms with Crippen LogP contribution in [0.3, 0.4) is 0 Å². The molecule has 0 spiro atoms. The predicted octanol–water partition coefficient (Wildman–Crippen LogP) is 5.51. The normalized spacial score (nSPS) is 14.4. The minimum Gasteiger partial charge on any atom is -0.352 e. The van der Waals surface area contributed by atoms with Crippen LogP contribution in [0.2, 0.25) is 0 Å². The molecule has 31 heavy (non-hydrogen) atoms. The summed E-state index contributed by atoms with van der Waals surface area (Å²) in [7, 11) is 0. The van der Waals surface area contributed by atoms with E-state index in [1.807, 2.05) is 48.2 Å². The highest BCUT2D eigenvalue weighted by molar-refractivity contribution is 7.80. The summed E-state index contributed by atoms with van der Waals surface area (Å²) < 4.78 is 0. The van der Waals surface area contributed by atoms with Crippen molar-refractivity contribution in [2.45, 2.75) is 32.7 Å². The molecule has 1 aliphatic rings. The van der Waals surface area contributed by atoms with Crippen LogP contribution in [0.4, 0.5) is 11.4 Å². The van der Waals surface area contributed by atoms with Crippen molar-refractivity contribution in [2.75, 3.05) is 16.8 Å². The number of amides is 1. The molecule has 4 rings (SSSR count). The van der Waals surface area contributed by atoms with Crippen molar-refractivity contribution in [1.82, 2.24) is 5.32 Å². The summed E-state index contributed by atoms with van der Waals surface area (Å²) in [6, 6.07) is 24.8. The fraction of sp³-hybridized carbons (Fsp3) is 0.231. The lowest BCUT2D eigenvalue weighted by molar-refractivity contribution is -0.117. The number of hydrogen-bond acceptors (Lipinski definition) is 2. The zero-order valence-electron chi connectivity index (χ0n) is 17.9. The molecule has 1 aliphatic heterocycles. The molecule has 1 atom stereocenters. The molecular formula is C26H27N3OS. The minimum absolute atomic E-state index is 0.0515. The van der Waals surface area contributed by atoms with Gasteiger partial charge in [-0.25, -0.2) is 0 Å². The van der Waals surface area contributed by atoms with Crippen LogP contribution in [-0.2, 0) is 4.79 Å². The van der Waals surface area contributed by atoms with E-state index in [2.05, 4.69) is 54.0 Å². The van der Waals surface area contributed by atoms with Gasteiger partial charge < -0.3 is 15.5 Å². The molecule has 158 valence electrons. The molecule has 0 bridgehead atoms. The first kappa shape index (κ1) is 21.1. The van der Waals surface area contributed by atoms with Crippen LogP contribution >= 0.6 is 12.2 Å². The van der Waals surface area contributed by atoms with Crippen LogP contribution in [0, 0.1) is 13.8 Å². The summed E-state index contributed by atoms with van der Waals surface area (Å²) in [5.41, 5.74) is 6.47. The molecule has 0 radical (unpaired) electrons. The Labute approximate surface area is 189 Å². The predicted molar refractivity (Wildman–Crippen MR) is 132 cm³/mol. The Hall–Kier alpha value is -3.18. The summed E-state index contributed by atoms with van der Waals surface area (Å²) >= 11 is 5.65. The largest absolute Gasteiger partial charge is 0.352 e. The molecule has 5 heteroatoms. The summed E-state index contributed by atoms with van der Waals surface area (Å²) in [6.07, 6.45) is 1.56. The highest BCUT2D eigenvalue weighted by atomic mass is 32.1. The number of anilines is 2. The summed E-state index contributed by atoms with van der Waals surface area (Å²) in [5.74, 6) is 0.199. The molecule has 1 saturated heterocycles. The Kier molecular flexibility index (Phi) is 6.33. The molecular weight excluding hydrogens is 402 g/mol. The van der Waals surface area contributed by atoms with Crippen LogP contribution in [0.5, 0.6) is 0 Å². The maximum Gasteiger partial charge on any atom is 0.227 e. The van der Waals surface area contributed by atoms with Gasteiger partial charge in [0, 0.05) is 24.3 Å². The van der Waals surface area contributed by atoms with E-state index in [-0.39, 0.29) is 11.9 Å². The van der Waals surface area contributed by atoms with Gasteiger partial charge in [0.05, 0.1) is 6.04 Å². The van der Waals surface area contributed by atoms with Gasteiger partial charge in [-0.3, -0.25) is 4.79 Å². The van der Waals surface area contributed by atoms with Gasteiger partial charge in [0.2, 0.25) is 5.91 Å². The number of carbonyl (C=O) groups is 1. The standard InChI is InChI=1S/C26H27N3OS/c1-18-10-12-21(13-11-18)25(20-7-4-3-5-8-20)28-26(31)27-22-14-15-23(19(2)17-22)29-16-6-9-24(29)30/h3-5,7-8,10-15,17,25H,6,9,16H2,1-2H3,(H2,27,28,31). The maximum absolute atomic E-state index is 12.1. The second kappa shape index (κ2) is 9.31. The highest BCUT2D eigenvalue weighted by Gasteiger charge is 2.23. The zero-order valence-corrected chi connectivity index (χ0v) is 18.7. The Morgan fingerprint density at radius 1 is 0.968 bits per heavy atom. The van der Waals surface area contributed by atoms with Crippen molar-refractivity contribution in [3.8, 4) is 0 Å². The zero-order chi connectivity index (χ0) is 21.8. The van der Waals surface area contributed by atoms with E-state index >= 15 is 0 Å². The van der Waals surface area contributed by atoms with Crippen molar-refractivity contribution in [3.63, 3.8) is 0 Å². The first-order valence-corrected chi connectivity index (χ1v) is 11.0. The number of aryl methyl sites for hydroxylation is 2. The molecule has 1 heterocycles. The Morgan fingerprint density at radius 3 is 2.32 bits per heavy atom. The smallest absolute Gasteiger partial charge is 0.227 e. The van der Waals surface area contributed by atoms with E-state index < -0.39 is 0 Å². The second-order valence-electron chi connectivity index (χ2n) is 8.00. The van der Waals surface area contributed by atoms with E-state index in [0.717, 1.165) is 41.0 Å². The maximum atomic E-state index is 12.1. The third kappa shape index (κ3) is 4.94. The lowest BCUT2D eigenvalue weighted by Gasteiger charge is -2.23. The van der Waals surface area contributed by atoms with Gasteiger partial charge in [-0.1, -0.05) is 60.2 Å². The van der Waals surface area contributed by atoms with Gasteiger partial charge in [-0.05, 0) is 67.4 Å². The van der Waals surface area contributed by atoms with Crippen LogP contribution < -0.4 is 15.5 Å². The van der Waals surface area contributed by atoms with Gasteiger partial charge in [-0.15, -0.1) is 0 Å². The molecule has 1 fully saturated rings. The Balaban J connectivity index is 1.51. The van der Waals surface area contributed by atoms with Gasteiger partial charge >= 0.3 is 0 Å². The second-order valence-corrected chi connectivity index (χ2v) is 8.41. The number of hydrogen-bond donors (Lipinski definition) is 2. The number of nitrogens with zero attached hydrogens (tertiary/aromatic N) is 1. The fourth-order valence-corrected chi connectivity index (χ4v) is 4.24. The molecule has 2 N–H and O–H groups in total. The van der Waals surface area contributed by atoms with E-state index in [4.69, 9.17) is 12.2 Å². The molecule has 0 saturated carbocycles. The monoisotopic (exact) mass is 429 g/mol. The fourth-order valence-electron chi connectivity index (χ4n) is 4.00. The molecule has 1 unspecified atom stereocenters. The summed E-state index contributed by atoms with van der Waals surface area (Å²) in [4.78, 5) is 14.0. The van der Waals surface area contributed by atoms with Gasteiger partial charge in [-0.2, -0.15) is 0 Å². The van der Waals surface area contributed by atoms with Crippen molar-refractivity contribution in [3.05, 3.63) is 95.1 Å². The third-order valence-corrected chi connectivity index (χ3v) is 5.86. The molecule has 0 aromatic heterocycles. The highest BCUT2D eigenvalue weighted by Crippen LogP contribution is 2.28. The third-order valence-electron chi connectivity index (χ3n) is 5.64. The van der Waals surface area contributed by atoms with E-state index in [1.165, 1.54) is 5.56 Å². The van der Waals surface area contributed by atoms with Gasteiger partial charge in [0.15, 0.2) is 5.11 Å². The first-order valence-electron chi connectivity index (χ1n) is 10.6. The first-order chi connectivity index (χ1) is 15.0. The lowest BCUT2D eigenvalue weighted by Crippen LogP contribution is -2.33. The molecule has 0 aliphatic carbocycles. The van der Waals surface area contributed by atoms with Crippen LogP contribution in [0.1, 0.15) is 41.1 Å². The van der Waals surface area contributed by atoms with E-state index in [9.17, 15) is 4.79 Å². The summed E-state index contributed by atoms with van der Waals surface area (Å²) in [6.45, 7) is 4.91. The Bertz CT molecular complexity index is 1080. The van der Waals surface area contributed by atoms with Gasteiger partial charge in [0.1, 0.15) is 0 Å². The SMILES string of the molecule is Cc1ccc(C(NC(=S)Nc2ccc(N3CCCC3=O)c(C)c2)c2ccccc2)cc1. The number of thiocarbonyl (C=S) groups is 1. The minimum atomic E-state index is -0.0515. The summed E-state index contributed by atoms with van der Waals surface area (Å²) in [5, 5.41) is 7.33. The van der Waals surface area contributed by atoms with Crippen LogP contribution in [-0.4, -0.2) is 17.6 Å². The van der Waals surface area contributed by atoms with Crippen LogP contribution in [0.25, 0.3) is 0 Å². The van der Waals surface area contributed by atoms with E-state index in [0.29, 0.717) is 11.5 Å². The Morgan fingerprint density at radius 2 is 1.68 bits per heavy atom. The molecule has 3 aromatic rings. The van der Waals surface area contributed by atoms with Crippen molar-refractivity contribution in [2.24, 2.45) is 0 Å². The lowest BCUT2D eigenvalue weighted by atomic mass is 9.98. The van der Waals surface area contributed by atoms with Crippen LogP contribution in [0.15, 0.2) is 72.8 Å². The van der Waals surface area contributed by atoms with Crippen molar-refractivity contribution >= 4 is 34.6 Å². The molecule has 3 aromatic carbocycles. The van der Waals surface area contributed by atoms with E-state index in [1.54, 1.807) is 0 Å². The quantitative estimate of drug-likeness (QED) is 0.525. The number of benzene rings is 3. The topological polar surface area (TPSA) is 44.4 Å². The molecule has 1 amide bonds. The number of rotatable bonds is 5. The van der Waals surface area contributed by atoms with Gasteiger partial charge in [0.25, 0.3) is 0 Å². The number of nitrogens with one attached hydrogen (secondary N) is 2. The van der Waals surface area contributed by atoms with Crippen molar-refractivity contribution in [1.29, 1.82) is 0 Å².